The lowest BCUT2D eigenvalue weighted by Gasteiger charge is -2.20. The Bertz CT molecular complexity index is 256. The van der Waals surface area contributed by atoms with E-state index in [0.717, 1.165) is 0 Å². The van der Waals surface area contributed by atoms with Gasteiger partial charge in [-0.15, -0.1) is 0 Å². The minimum absolute atomic E-state index is 0.113. The Balaban J connectivity index is 4.42. The van der Waals surface area contributed by atoms with Crippen molar-refractivity contribution >= 4 is 11.9 Å². The molecule has 1 amide bonds. The Morgan fingerprint density at radius 1 is 1.29 bits per heavy atom. The van der Waals surface area contributed by atoms with Crippen LogP contribution in [0.25, 0.3) is 0 Å². The fourth-order valence-corrected chi connectivity index (χ4v) is 1.36. The van der Waals surface area contributed by atoms with Crippen molar-refractivity contribution in [3.05, 3.63) is 0 Å². The average molecular weight is 246 g/mol. The second kappa shape index (κ2) is 8.03. The van der Waals surface area contributed by atoms with Gasteiger partial charge < -0.3 is 20.5 Å². The molecule has 0 rings (SSSR count). The van der Waals surface area contributed by atoms with Gasteiger partial charge in [-0.1, -0.05) is 13.8 Å². The highest BCUT2D eigenvalue weighted by Gasteiger charge is 2.24. The van der Waals surface area contributed by atoms with E-state index in [2.05, 4.69) is 10.1 Å². The number of amides is 1. The van der Waals surface area contributed by atoms with Crippen molar-refractivity contribution < 1.29 is 19.1 Å². The normalized spacial score (nSPS) is 14.2. The Labute approximate surface area is 102 Å². The Hall–Kier alpha value is -1.14. The lowest BCUT2D eigenvalue weighted by atomic mass is 10.0. The van der Waals surface area contributed by atoms with E-state index < -0.39 is 24.0 Å². The number of esters is 1. The first-order valence-corrected chi connectivity index (χ1v) is 5.55. The van der Waals surface area contributed by atoms with Gasteiger partial charge in [0.25, 0.3) is 0 Å². The van der Waals surface area contributed by atoms with E-state index >= 15 is 0 Å². The van der Waals surface area contributed by atoms with Crippen molar-refractivity contribution in [3.8, 4) is 0 Å². The molecule has 0 spiro atoms. The summed E-state index contributed by atoms with van der Waals surface area (Å²) in [5.41, 5.74) is 5.56. The Morgan fingerprint density at radius 3 is 2.29 bits per heavy atom. The topological polar surface area (TPSA) is 90.6 Å². The molecule has 0 aromatic heterocycles. The minimum Gasteiger partial charge on any atom is -0.467 e. The van der Waals surface area contributed by atoms with E-state index in [0.29, 0.717) is 6.42 Å². The first-order valence-electron chi connectivity index (χ1n) is 5.55. The van der Waals surface area contributed by atoms with E-state index in [4.69, 9.17) is 10.5 Å². The van der Waals surface area contributed by atoms with Crippen LogP contribution in [-0.2, 0) is 19.1 Å². The summed E-state index contributed by atoms with van der Waals surface area (Å²) in [7, 11) is 2.75. The maximum Gasteiger partial charge on any atom is 0.328 e. The summed E-state index contributed by atoms with van der Waals surface area (Å²) in [6.07, 6.45) is 0.512. The van der Waals surface area contributed by atoms with Gasteiger partial charge in [0, 0.05) is 7.11 Å². The predicted molar refractivity (Wildman–Crippen MR) is 63.3 cm³/mol. The summed E-state index contributed by atoms with van der Waals surface area (Å²) >= 11 is 0. The molecular weight excluding hydrogens is 224 g/mol. The number of rotatable bonds is 7. The highest BCUT2D eigenvalue weighted by atomic mass is 16.5. The van der Waals surface area contributed by atoms with E-state index in [-0.39, 0.29) is 12.5 Å². The smallest absolute Gasteiger partial charge is 0.328 e. The summed E-state index contributed by atoms with van der Waals surface area (Å²) < 4.78 is 9.40. The third-order valence-corrected chi connectivity index (χ3v) is 2.19. The van der Waals surface area contributed by atoms with Crippen LogP contribution in [0.4, 0.5) is 0 Å². The first-order chi connectivity index (χ1) is 7.92. The molecule has 0 saturated carbocycles. The van der Waals surface area contributed by atoms with Gasteiger partial charge in [0.1, 0.15) is 12.1 Å². The highest BCUT2D eigenvalue weighted by Crippen LogP contribution is 2.06. The lowest BCUT2D eigenvalue weighted by molar-refractivity contribution is -0.145. The number of methoxy groups -OCH3 is 2. The molecule has 6 nitrogen and oxygen atoms in total. The first kappa shape index (κ1) is 15.9. The third kappa shape index (κ3) is 6.23. The molecule has 0 radical (unpaired) electrons. The SMILES string of the molecule is COCC(N)C(=O)NC(CC(C)C)C(=O)OC. The fourth-order valence-electron chi connectivity index (χ4n) is 1.36. The van der Waals surface area contributed by atoms with Crippen molar-refractivity contribution in [1.29, 1.82) is 0 Å². The Morgan fingerprint density at radius 2 is 1.88 bits per heavy atom. The number of carbonyl (C=O) groups excluding carboxylic acids is 2. The van der Waals surface area contributed by atoms with Crippen LogP contribution in [0.1, 0.15) is 20.3 Å². The van der Waals surface area contributed by atoms with E-state index in [1.807, 2.05) is 13.8 Å². The molecule has 0 bridgehead atoms. The summed E-state index contributed by atoms with van der Waals surface area (Å²) in [4.78, 5) is 23.1. The van der Waals surface area contributed by atoms with Crippen molar-refractivity contribution in [1.82, 2.24) is 5.32 Å². The van der Waals surface area contributed by atoms with Crippen LogP contribution in [0.2, 0.25) is 0 Å². The maximum atomic E-state index is 11.6. The van der Waals surface area contributed by atoms with Gasteiger partial charge in [-0.05, 0) is 12.3 Å². The van der Waals surface area contributed by atoms with Gasteiger partial charge in [0.2, 0.25) is 5.91 Å². The van der Waals surface area contributed by atoms with Crippen LogP contribution in [0.5, 0.6) is 0 Å². The third-order valence-electron chi connectivity index (χ3n) is 2.19. The standard InChI is InChI=1S/C11H22N2O4/c1-7(2)5-9(11(15)17-4)13-10(14)8(12)6-16-3/h7-9H,5-6,12H2,1-4H3,(H,13,14). The summed E-state index contributed by atoms with van der Waals surface area (Å²) in [6, 6.07) is -1.44. The van der Waals surface area contributed by atoms with Crippen molar-refractivity contribution in [2.24, 2.45) is 11.7 Å². The zero-order valence-corrected chi connectivity index (χ0v) is 10.9. The van der Waals surface area contributed by atoms with Gasteiger partial charge >= 0.3 is 5.97 Å². The number of ether oxygens (including phenoxy) is 2. The van der Waals surface area contributed by atoms with Crippen molar-refractivity contribution in [2.45, 2.75) is 32.4 Å². The quantitative estimate of drug-likeness (QED) is 0.600. The maximum absolute atomic E-state index is 11.6. The van der Waals surface area contributed by atoms with E-state index in [1.54, 1.807) is 0 Å². The number of nitrogens with two attached hydrogens (primary N) is 1. The predicted octanol–water partition coefficient (Wildman–Crippen LogP) is -0.336. The highest BCUT2D eigenvalue weighted by molar-refractivity contribution is 5.87. The van der Waals surface area contributed by atoms with Crippen LogP contribution < -0.4 is 11.1 Å². The van der Waals surface area contributed by atoms with E-state index in [9.17, 15) is 9.59 Å². The fraction of sp³-hybridized carbons (Fsp3) is 0.818. The molecule has 0 aromatic rings. The number of carbonyl (C=O) groups is 2. The van der Waals surface area contributed by atoms with Gasteiger partial charge in [-0.25, -0.2) is 4.79 Å². The minimum atomic E-state index is -0.778. The van der Waals surface area contributed by atoms with Crippen LogP contribution in [0, 0.1) is 5.92 Å². The summed E-state index contributed by atoms with van der Waals surface area (Å²) in [5.74, 6) is -0.613. The molecule has 0 aliphatic carbocycles. The van der Waals surface area contributed by atoms with Crippen LogP contribution in [0.3, 0.4) is 0 Å². The molecule has 0 aliphatic rings. The molecule has 0 saturated heterocycles. The molecule has 100 valence electrons. The number of hydrogen-bond donors (Lipinski definition) is 2. The molecule has 17 heavy (non-hydrogen) atoms. The van der Waals surface area contributed by atoms with Crippen LogP contribution in [-0.4, -0.2) is 44.8 Å². The zero-order valence-electron chi connectivity index (χ0n) is 10.9. The molecule has 6 heteroatoms. The van der Waals surface area contributed by atoms with Gasteiger partial charge in [-0.3, -0.25) is 4.79 Å². The summed E-state index contributed by atoms with van der Waals surface area (Å²) in [5, 5.41) is 2.57. The van der Waals surface area contributed by atoms with Crippen molar-refractivity contribution in [2.75, 3.05) is 20.8 Å². The second-order valence-corrected chi connectivity index (χ2v) is 4.28. The number of nitrogens with one attached hydrogen (secondary N) is 1. The molecule has 0 aromatic carbocycles. The molecule has 2 unspecified atom stereocenters. The van der Waals surface area contributed by atoms with Gasteiger partial charge in [0.05, 0.1) is 13.7 Å². The zero-order chi connectivity index (χ0) is 13.4. The van der Waals surface area contributed by atoms with E-state index in [1.165, 1.54) is 14.2 Å². The number of hydrogen-bond acceptors (Lipinski definition) is 5. The molecule has 0 fully saturated rings. The van der Waals surface area contributed by atoms with Gasteiger partial charge in [-0.2, -0.15) is 0 Å². The largest absolute Gasteiger partial charge is 0.467 e. The average Bonchev–Trinajstić information content (AvgIpc) is 2.26. The monoisotopic (exact) mass is 246 g/mol. The Kier molecular flexibility index (Phi) is 7.49. The molecular formula is C11H22N2O4. The molecule has 0 aliphatic heterocycles. The molecule has 2 atom stereocenters. The molecule has 3 N–H and O–H groups in total. The lowest BCUT2D eigenvalue weighted by Crippen LogP contribution is -2.50. The second-order valence-electron chi connectivity index (χ2n) is 4.28. The van der Waals surface area contributed by atoms with Crippen LogP contribution >= 0.6 is 0 Å². The van der Waals surface area contributed by atoms with Crippen molar-refractivity contribution in [3.63, 3.8) is 0 Å². The molecule has 0 heterocycles. The van der Waals surface area contributed by atoms with Crippen LogP contribution in [0.15, 0.2) is 0 Å². The van der Waals surface area contributed by atoms with Gasteiger partial charge in [0.15, 0.2) is 0 Å². The summed E-state index contributed by atoms with van der Waals surface area (Å²) in [6.45, 7) is 4.02.